The van der Waals surface area contributed by atoms with Gasteiger partial charge in [-0.05, 0) is 17.7 Å². The summed E-state index contributed by atoms with van der Waals surface area (Å²) in [4.78, 5) is 10.6. The topological polar surface area (TPSA) is 55.8 Å². The zero-order valence-corrected chi connectivity index (χ0v) is 11.7. The Balaban J connectivity index is 2.34. The van der Waals surface area contributed by atoms with Crippen molar-refractivity contribution >= 4 is 6.29 Å². The van der Waals surface area contributed by atoms with Gasteiger partial charge in [-0.25, -0.2) is 0 Å². The number of rotatable bonds is 8. The molecular weight excluding hydrogens is 244 g/mol. The Kier molecular flexibility index (Phi) is 6.53. The first kappa shape index (κ1) is 15.7. The molecule has 4 heteroatoms. The molecule has 1 aromatic carbocycles. The fourth-order valence-corrected chi connectivity index (χ4v) is 1.78. The maximum atomic E-state index is 10.6. The van der Waals surface area contributed by atoms with Crippen LogP contribution in [-0.2, 0) is 16.1 Å². The summed E-state index contributed by atoms with van der Waals surface area (Å²) in [6.07, 6.45) is 0.110. The maximum absolute atomic E-state index is 10.6. The first-order valence-corrected chi connectivity index (χ1v) is 6.42. The highest BCUT2D eigenvalue weighted by molar-refractivity contribution is 5.53. The fraction of sp³-hybridized carbons (Fsp3) is 0.533. The minimum atomic E-state index is -0.659. The molecule has 0 saturated carbocycles. The van der Waals surface area contributed by atoms with E-state index in [1.807, 2.05) is 31.2 Å². The normalized spacial score (nSPS) is 15.6. The van der Waals surface area contributed by atoms with Gasteiger partial charge in [-0.2, -0.15) is 0 Å². The third kappa shape index (κ3) is 5.01. The van der Waals surface area contributed by atoms with Gasteiger partial charge in [0, 0.05) is 11.8 Å². The lowest BCUT2D eigenvalue weighted by atomic mass is 9.95. The van der Waals surface area contributed by atoms with Gasteiger partial charge < -0.3 is 19.4 Å². The molecule has 106 valence electrons. The van der Waals surface area contributed by atoms with E-state index >= 15 is 0 Å². The quantitative estimate of drug-likeness (QED) is 0.732. The van der Waals surface area contributed by atoms with Crippen LogP contribution in [0.15, 0.2) is 24.3 Å². The Morgan fingerprint density at radius 3 is 2.42 bits per heavy atom. The van der Waals surface area contributed by atoms with Gasteiger partial charge in [-0.1, -0.05) is 26.0 Å². The lowest BCUT2D eigenvalue weighted by molar-refractivity contribution is -0.115. The first-order chi connectivity index (χ1) is 9.08. The highest BCUT2D eigenvalue weighted by Crippen LogP contribution is 2.14. The Bertz CT molecular complexity index is 374. The zero-order chi connectivity index (χ0) is 14.3. The fourth-order valence-electron chi connectivity index (χ4n) is 1.78. The summed E-state index contributed by atoms with van der Waals surface area (Å²) in [5.74, 6) is 0.380. The van der Waals surface area contributed by atoms with E-state index in [1.165, 1.54) is 0 Å². The van der Waals surface area contributed by atoms with Crippen LogP contribution in [0.2, 0.25) is 0 Å². The third-order valence-corrected chi connectivity index (χ3v) is 3.14. The Hall–Kier alpha value is -1.39. The van der Waals surface area contributed by atoms with Crippen LogP contribution in [0.25, 0.3) is 0 Å². The van der Waals surface area contributed by atoms with E-state index in [-0.39, 0.29) is 11.8 Å². The summed E-state index contributed by atoms with van der Waals surface area (Å²) in [6, 6.07) is 7.64. The van der Waals surface area contributed by atoms with Crippen molar-refractivity contribution in [3.05, 3.63) is 29.8 Å². The number of aliphatic hydroxyl groups excluding tert-OH is 1. The van der Waals surface area contributed by atoms with Gasteiger partial charge in [-0.15, -0.1) is 0 Å². The number of aliphatic hydroxyl groups is 1. The van der Waals surface area contributed by atoms with Crippen LogP contribution in [0.4, 0.5) is 0 Å². The molecule has 0 unspecified atom stereocenters. The summed E-state index contributed by atoms with van der Waals surface area (Å²) in [6.45, 7) is 4.48. The molecule has 0 aromatic heterocycles. The molecule has 1 N–H and O–H groups in total. The van der Waals surface area contributed by atoms with Crippen molar-refractivity contribution in [1.82, 2.24) is 0 Å². The second kappa shape index (κ2) is 7.92. The van der Waals surface area contributed by atoms with Gasteiger partial charge in [0.05, 0.1) is 26.4 Å². The van der Waals surface area contributed by atoms with Gasteiger partial charge in [0.1, 0.15) is 12.0 Å². The largest absolute Gasteiger partial charge is 0.497 e. The van der Waals surface area contributed by atoms with Gasteiger partial charge in [0.25, 0.3) is 0 Å². The molecule has 0 heterocycles. The van der Waals surface area contributed by atoms with Crippen LogP contribution in [0, 0.1) is 11.8 Å². The molecule has 19 heavy (non-hydrogen) atoms. The van der Waals surface area contributed by atoms with Gasteiger partial charge in [-0.3, -0.25) is 0 Å². The summed E-state index contributed by atoms with van der Waals surface area (Å²) in [7, 11) is 1.63. The summed E-state index contributed by atoms with van der Waals surface area (Å²) in [5.41, 5.74) is 1.05. The monoisotopic (exact) mass is 266 g/mol. The smallest absolute Gasteiger partial charge is 0.125 e. The van der Waals surface area contributed by atoms with Crippen molar-refractivity contribution in [3.63, 3.8) is 0 Å². The Morgan fingerprint density at radius 2 is 1.89 bits per heavy atom. The molecule has 4 nitrogen and oxygen atoms in total. The molecule has 0 aliphatic carbocycles. The van der Waals surface area contributed by atoms with Crippen LogP contribution in [0.3, 0.4) is 0 Å². The molecule has 0 radical (unpaired) electrons. The maximum Gasteiger partial charge on any atom is 0.125 e. The Morgan fingerprint density at radius 1 is 1.26 bits per heavy atom. The highest BCUT2D eigenvalue weighted by atomic mass is 16.5. The Labute approximate surface area is 114 Å². The van der Waals surface area contributed by atoms with Gasteiger partial charge >= 0.3 is 0 Å². The number of carbonyl (C=O) groups is 1. The van der Waals surface area contributed by atoms with E-state index in [0.29, 0.717) is 13.2 Å². The predicted molar refractivity (Wildman–Crippen MR) is 73.0 cm³/mol. The van der Waals surface area contributed by atoms with Crippen molar-refractivity contribution in [3.8, 4) is 5.75 Å². The van der Waals surface area contributed by atoms with Crippen LogP contribution >= 0.6 is 0 Å². The summed E-state index contributed by atoms with van der Waals surface area (Å²) in [5, 5.41) is 9.82. The molecule has 1 rings (SSSR count). The number of carbonyl (C=O) groups excluding carboxylic acids is 1. The second-order valence-electron chi connectivity index (χ2n) is 4.83. The van der Waals surface area contributed by atoms with Crippen molar-refractivity contribution < 1.29 is 19.4 Å². The second-order valence-corrected chi connectivity index (χ2v) is 4.83. The third-order valence-electron chi connectivity index (χ3n) is 3.14. The van der Waals surface area contributed by atoms with Crippen LogP contribution in [0.5, 0.6) is 5.75 Å². The van der Waals surface area contributed by atoms with E-state index in [4.69, 9.17) is 9.47 Å². The predicted octanol–water partition coefficient (Wildman–Crippen LogP) is 2.04. The number of aldehydes is 1. The number of ether oxygens (including phenoxy) is 2. The van der Waals surface area contributed by atoms with Crippen LogP contribution in [0.1, 0.15) is 19.4 Å². The average molecular weight is 266 g/mol. The molecule has 0 saturated heterocycles. The lowest BCUT2D eigenvalue weighted by Gasteiger charge is -2.21. The lowest BCUT2D eigenvalue weighted by Crippen LogP contribution is -2.29. The number of benzene rings is 1. The molecule has 0 amide bonds. The molecule has 0 bridgehead atoms. The summed E-state index contributed by atoms with van der Waals surface area (Å²) >= 11 is 0. The van der Waals surface area contributed by atoms with Crippen molar-refractivity contribution in [2.75, 3.05) is 13.7 Å². The first-order valence-electron chi connectivity index (χ1n) is 6.42. The standard InChI is InChI=1S/C15H22O4/c1-11(8-16)15(17)12(2)9-19-10-13-4-6-14(18-3)7-5-13/h4-8,11-12,15,17H,9-10H2,1-3H3/t11-,12-,15-/m1/s1. The molecule has 3 atom stereocenters. The molecule has 0 spiro atoms. The summed E-state index contributed by atoms with van der Waals surface area (Å²) < 4.78 is 10.6. The van der Waals surface area contributed by atoms with Crippen molar-refractivity contribution in [1.29, 1.82) is 0 Å². The van der Waals surface area contributed by atoms with E-state index in [9.17, 15) is 9.90 Å². The van der Waals surface area contributed by atoms with E-state index in [2.05, 4.69) is 0 Å². The van der Waals surface area contributed by atoms with Crippen molar-refractivity contribution in [2.45, 2.75) is 26.6 Å². The number of hydrogen-bond donors (Lipinski definition) is 1. The minimum Gasteiger partial charge on any atom is -0.497 e. The minimum absolute atomic E-state index is 0.0709. The highest BCUT2D eigenvalue weighted by Gasteiger charge is 2.20. The molecule has 0 fully saturated rings. The molecule has 0 aliphatic heterocycles. The SMILES string of the molecule is COc1ccc(COC[C@@H](C)[C@H](O)[C@H](C)C=O)cc1. The average Bonchev–Trinajstić information content (AvgIpc) is 2.46. The van der Waals surface area contributed by atoms with E-state index < -0.39 is 6.10 Å². The zero-order valence-electron chi connectivity index (χ0n) is 11.7. The molecular formula is C15H22O4. The van der Waals surface area contributed by atoms with Gasteiger partial charge in [0.2, 0.25) is 0 Å². The van der Waals surface area contributed by atoms with Crippen molar-refractivity contribution in [2.24, 2.45) is 11.8 Å². The molecule has 1 aromatic rings. The van der Waals surface area contributed by atoms with Crippen LogP contribution in [-0.4, -0.2) is 31.2 Å². The van der Waals surface area contributed by atoms with E-state index in [0.717, 1.165) is 17.6 Å². The molecule has 0 aliphatic rings. The van der Waals surface area contributed by atoms with E-state index in [1.54, 1.807) is 14.0 Å². The number of methoxy groups -OCH3 is 1. The number of hydrogen-bond acceptors (Lipinski definition) is 4. The van der Waals surface area contributed by atoms with Gasteiger partial charge in [0.15, 0.2) is 0 Å². The van der Waals surface area contributed by atoms with Crippen LogP contribution < -0.4 is 4.74 Å².